The molecule has 1 heterocycles. The second-order valence-electron chi connectivity index (χ2n) is 3.98. The number of hydrogen-bond acceptors (Lipinski definition) is 4. The van der Waals surface area contributed by atoms with Crippen molar-refractivity contribution in [3.63, 3.8) is 0 Å². The van der Waals surface area contributed by atoms with Gasteiger partial charge < -0.3 is 10.1 Å². The lowest BCUT2D eigenvalue weighted by atomic mass is 10.1. The molecule has 0 amide bonds. The first kappa shape index (κ1) is 10.4. The number of fused-ring (bicyclic) bond motifs is 1. The summed E-state index contributed by atoms with van der Waals surface area (Å²) in [5, 5.41) is 3.32. The Kier molecular flexibility index (Phi) is 2.38. The zero-order chi connectivity index (χ0) is 11.1. The Balaban J connectivity index is 2.49. The lowest BCUT2D eigenvalue weighted by Crippen LogP contribution is -2.40. The van der Waals surface area contributed by atoms with Crippen LogP contribution in [0.5, 0.6) is 5.75 Å². The van der Waals surface area contributed by atoms with E-state index in [1.807, 2.05) is 32.0 Å². The number of nitrogens with one attached hydrogen (secondary N) is 1. The maximum atomic E-state index is 11.8. The van der Waals surface area contributed by atoms with Crippen molar-refractivity contribution in [2.45, 2.75) is 24.3 Å². The van der Waals surface area contributed by atoms with Gasteiger partial charge in [-0.1, -0.05) is 6.07 Å². The maximum Gasteiger partial charge on any atom is 0.218 e. The van der Waals surface area contributed by atoms with Gasteiger partial charge in [0.25, 0.3) is 0 Å². The summed E-state index contributed by atoms with van der Waals surface area (Å²) in [5.41, 5.74) is 0.452. The molecule has 0 atom stereocenters. The highest BCUT2D eigenvalue weighted by atomic mass is 32.2. The Labute approximate surface area is 93.2 Å². The molecule has 0 radical (unpaired) electrons. The van der Waals surface area contributed by atoms with E-state index in [0.717, 1.165) is 16.3 Å². The quantitative estimate of drug-likeness (QED) is 0.794. The van der Waals surface area contributed by atoms with Crippen LogP contribution in [-0.2, 0) is 4.79 Å². The first-order valence-corrected chi connectivity index (χ1v) is 5.54. The topological polar surface area (TPSA) is 38.3 Å². The van der Waals surface area contributed by atoms with Crippen LogP contribution in [0.4, 0.5) is 5.69 Å². The SMILES string of the molecule is COc1cccc2c1SC(=O)C(C)(C)N2. The van der Waals surface area contributed by atoms with Gasteiger partial charge in [0, 0.05) is 0 Å². The molecule has 3 nitrogen and oxygen atoms in total. The monoisotopic (exact) mass is 223 g/mol. The summed E-state index contributed by atoms with van der Waals surface area (Å²) in [6.45, 7) is 3.76. The van der Waals surface area contributed by atoms with Gasteiger partial charge in [-0.25, -0.2) is 0 Å². The molecule has 4 heteroatoms. The van der Waals surface area contributed by atoms with E-state index in [4.69, 9.17) is 4.74 Å². The van der Waals surface area contributed by atoms with Gasteiger partial charge in [0.05, 0.1) is 17.7 Å². The number of hydrogen-bond donors (Lipinski definition) is 1. The predicted octanol–water partition coefficient (Wildman–Crippen LogP) is 2.52. The third kappa shape index (κ3) is 1.69. The van der Waals surface area contributed by atoms with Gasteiger partial charge in [0.15, 0.2) is 0 Å². The second-order valence-corrected chi connectivity index (χ2v) is 4.96. The van der Waals surface area contributed by atoms with Crippen molar-refractivity contribution < 1.29 is 9.53 Å². The summed E-state index contributed by atoms with van der Waals surface area (Å²) in [6, 6.07) is 5.73. The highest BCUT2D eigenvalue weighted by Crippen LogP contribution is 2.43. The minimum atomic E-state index is -0.510. The van der Waals surface area contributed by atoms with Crippen molar-refractivity contribution in [2.24, 2.45) is 0 Å². The van der Waals surface area contributed by atoms with Crippen LogP contribution in [0.1, 0.15) is 13.8 Å². The number of benzene rings is 1. The van der Waals surface area contributed by atoms with Gasteiger partial charge in [-0.3, -0.25) is 4.79 Å². The molecule has 2 rings (SSSR count). The highest BCUT2D eigenvalue weighted by molar-refractivity contribution is 8.14. The molecule has 1 aliphatic heterocycles. The molecule has 0 aliphatic carbocycles. The molecule has 0 bridgehead atoms. The summed E-state index contributed by atoms with van der Waals surface area (Å²) in [4.78, 5) is 12.7. The molecular weight excluding hydrogens is 210 g/mol. The molecular formula is C11H13NO2S. The Morgan fingerprint density at radius 1 is 1.40 bits per heavy atom. The average molecular weight is 223 g/mol. The van der Waals surface area contributed by atoms with E-state index in [9.17, 15) is 4.79 Å². The Morgan fingerprint density at radius 2 is 2.13 bits per heavy atom. The fourth-order valence-corrected chi connectivity index (χ4v) is 2.46. The first-order chi connectivity index (χ1) is 7.04. The van der Waals surface area contributed by atoms with Crippen molar-refractivity contribution >= 4 is 22.6 Å². The van der Waals surface area contributed by atoms with Gasteiger partial charge in [-0.15, -0.1) is 0 Å². The molecule has 0 fully saturated rings. The minimum absolute atomic E-state index is 0.111. The second kappa shape index (κ2) is 3.45. The lowest BCUT2D eigenvalue weighted by Gasteiger charge is -2.31. The number of thioether (sulfide) groups is 1. The lowest BCUT2D eigenvalue weighted by molar-refractivity contribution is -0.114. The fourth-order valence-electron chi connectivity index (χ4n) is 1.49. The van der Waals surface area contributed by atoms with Crippen LogP contribution >= 0.6 is 11.8 Å². The summed E-state index contributed by atoms with van der Waals surface area (Å²) in [6.07, 6.45) is 0. The van der Waals surface area contributed by atoms with Crippen molar-refractivity contribution in [1.29, 1.82) is 0 Å². The zero-order valence-electron chi connectivity index (χ0n) is 8.96. The highest BCUT2D eigenvalue weighted by Gasteiger charge is 2.34. The van der Waals surface area contributed by atoms with E-state index in [1.165, 1.54) is 11.8 Å². The van der Waals surface area contributed by atoms with Crippen LogP contribution in [0.2, 0.25) is 0 Å². The Bertz CT molecular complexity index is 415. The van der Waals surface area contributed by atoms with Gasteiger partial charge in [0.2, 0.25) is 5.12 Å². The first-order valence-electron chi connectivity index (χ1n) is 4.72. The summed E-state index contributed by atoms with van der Waals surface area (Å²) < 4.78 is 5.22. The molecule has 0 unspecified atom stereocenters. The van der Waals surface area contributed by atoms with E-state index >= 15 is 0 Å². The van der Waals surface area contributed by atoms with Gasteiger partial charge >= 0.3 is 0 Å². The number of rotatable bonds is 1. The standard InChI is InChI=1S/C11H13NO2S/c1-11(2)10(13)15-9-7(12-11)5-4-6-8(9)14-3/h4-6,12H,1-3H3. The summed E-state index contributed by atoms with van der Waals surface area (Å²) in [7, 11) is 1.61. The van der Waals surface area contributed by atoms with Gasteiger partial charge in [-0.2, -0.15) is 0 Å². The molecule has 1 aliphatic rings. The zero-order valence-corrected chi connectivity index (χ0v) is 9.77. The Hall–Kier alpha value is -1.16. The molecule has 0 saturated heterocycles. The number of carbonyl (C=O) groups is 1. The van der Waals surface area contributed by atoms with Crippen molar-refractivity contribution in [3.05, 3.63) is 18.2 Å². The number of carbonyl (C=O) groups excluding carboxylic acids is 1. The number of ether oxygens (including phenoxy) is 1. The minimum Gasteiger partial charge on any atom is -0.495 e. The molecule has 80 valence electrons. The normalized spacial score (nSPS) is 17.9. The van der Waals surface area contributed by atoms with Crippen LogP contribution in [0.25, 0.3) is 0 Å². The van der Waals surface area contributed by atoms with E-state index in [-0.39, 0.29) is 5.12 Å². The van der Waals surface area contributed by atoms with Gasteiger partial charge in [0.1, 0.15) is 11.3 Å². The van der Waals surface area contributed by atoms with Crippen LogP contribution in [0.15, 0.2) is 23.1 Å². The van der Waals surface area contributed by atoms with Crippen molar-refractivity contribution in [2.75, 3.05) is 12.4 Å². The summed E-state index contributed by atoms with van der Waals surface area (Å²) >= 11 is 1.24. The van der Waals surface area contributed by atoms with Crippen LogP contribution in [-0.4, -0.2) is 17.8 Å². The van der Waals surface area contributed by atoms with E-state index in [2.05, 4.69) is 5.32 Å². The van der Waals surface area contributed by atoms with Crippen molar-refractivity contribution in [1.82, 2.24) is 0 Å². The van der Waals surface area contributed by atoms with Gasteiger partial charge in [-0.05, 0) is 37.7 Å². The number of anilines is 1. The van der Waals surface area contributed by atoms with E-state index in [1.54, 1.807) is 7.11 Å². The van der Waals surface area contributed by atoms with Crippen LogP contribution in [0.3, 0.4) is 0 Å². The maximum absolute atomic E-state index is 11.8. The number of methoxy groups -OCH3 is 1. The predicted molar refractivity (Wildman–Crippen MR) is 61.6 cm³/mol. The Morgan fingerprint density at radius 3 is 2.80 bits per heavy atom. The molecule has 0 aromatic heterocycles. The fraction of sp³-hybridized carbons (Fsp3) is 0.364. The van der Waals surface area contributed by atoms with Crippen LogP contribution in [0, 0.1) is 0 Å². The van der Waals surface area contributed by atoms with Crippen molar-refractivity contribution in [3.8, 4) is 5.75 Å². The molecule has 0 spiro atoms. The smallest absolute Gasteiger partial charge is 0.218 e. The molecule has 1 aromatic rings. The summed E-state index contributed by atoms with van der Waals surface area (Å²) in [5.74, 6) is 0.744. The molecule has 15 heavy (non-hydrogen) atoms. The molecule has 1 aromatic carbocycles. The molecule has 1 N–H and O–H groups in total. The largest absolute Gasteiger partial charge is 0.495 e. The van der Waals surface area contributed by atoms with E-state index in [0.29, 0.717) is 0 Å². The van der Waals surface area contributed by atoms with E-state index < -0.39 is 5.54 Å². The third-order valence-corrected chi connectivity index (χ3v) is 3.67. The average Bonchev–Trinajstić information content (AvgIpc) is 2.18. The third-order valence-electron chi connectivity index (χ3n) is 2.35. The van der Waals surface area contributed by atoms with Crippen LogP contribution < -0.4 is 10.1 Å². The molecule has 0 saturated carbocycles.